The molecule has 1 aromatic rings. The summed E-state index contributed by atoms with van der Waals surface area (Å²) in [6, 6.07) is 2.69. The lowest BCUT2D eigenvalue weighted by atomic mass is 9.74. The number of nitrogens with one attached hydrogen (secondary N) is 1. The van der Waals surface area contributed by atoms with Crippen LogP contribution in [0, 0.1) is 11.3 Å². The number of rotatable bonds is 7. The molecule has 1 N–H and O–H groups in total. The molecule has 2 heterocycles. The Kier molecular flexibility index (Phi) is 4.36. The fraction of sp³-hybridized carbons (Fsp3) is 0.824. The van der Waals surface area contributed by atoms with E-state index in [1.807, 2.05) is 17.9 Å². The third-order valence-corrected chi connectivity index (χ3v) is 5.21. The normalized spacial score (nSPS) is 29.4. The molecule has 4 nitrogen and oxygen atoms in total. The second kappa shape index (κ2) is 6.09. The minimum Gasteiger partial charge on any atom is -0.377 e. The number of hydrogen-bond acceptors (Lipinski definition) is 3. The van der Waals surface area contributed by atoms with E-state index in [2.05, 4.69) is 30.3 Å². The van der Waals surface area contributed by atoms with Crippen molar-refractivity contribution in [2.75, 3.05) is 13.2 Å². The van der Waals surface area contributed by atoms with E-state index < -0.39 is 0 Å². The molecule has 118 valence electrons. The molecule has 21 heavy (non-hydrogen) atoms. The van der Waals surface area contributed by atoms with Crippen molar-refractivity contribution in [2.24, 2.45) is 18.4 Å². The summed E-state index contributed by atoms with van der Waals surface area (Å²) in [4.78, 5) is 0. The minimum atomic E-state index is 0.315. The molecule has 2 fully saturated rings. The first-order valence-corrected chi connectivity index (χ1v) is 8.43. The third-order valence-electron chi connectivity index (χ3n) is 5.21. The highest BCUT2D eigenvalue weighted by Crippen LogP contribution is 2.49. The van der Waals surface area contributed by atoms with Crippen LogP contribution in [-0.2, 0) is 18.2 Å². The molecule has 1 aromatic heterocycles. The molecule has 3 rings (SSSR count). The first kappa shape index (κ1) is 15.0. The maximum absolute atomic E-state index is 6.16. The lowest BCUT2D eigenvalue weighted by Gasteiger charge is -2.35. The molecule has 0 aromatic carbocycles. The van der Waals surface area contributed by atoms with E-state index in [1.54, 1.807) is 0 Å². The second-order valence-corrected chi connectivity index (χ2v) is 7.22. The van der Waals surface area contributed by atoms with Crippen LogP contribution < -0.4 is 5.32 Å². The monoisotopic (exact) mass is 291 g/mol. The predicted molar refractivity (Wildman–Crippen MR) is 84.2 cm³/mol. The first-order chi connectivity index (χ1) is 10.1. The van der Waals surface area contributed by atoms with Crippen LogP contribution in [0.25, 0.3) is 0 Å². The third kappa shape index (κ3) is 3.32. The Balaban J connectivity index is 1.70. The smallest absolute Gasteiger partial charge is 0.0672 e. The number of hydrogen-bond donors (Lipinski definition) is 1. The summed E-state index contributed by atoms with van der Waals surface area (Å²) in [5, 5.41) is 7.98. The summed E-state index contributed by atoms with van der Waals surface area (Å²) in [5.41, 5.74) is 1.65. The second-order valence-electron chi connectivity index (χ2n) is 7.22. The number of aromatic nitrogens is 2. The zero-order valence-electron chi connectivity index (χ0n) is 13.6. The Labute approximate surface area is 128 Å². The molecule has 1 aliphatic carbocycles. The minimum absolute atomic E-state index is 0.315. The average Bonchev–Trinajstić information content (AvgIpc) is 3.08. The molecule has 1 aliphatic heterocycles. The van der Waals surface area contributed by atoms with Crippen LogP contribution >= 0.6 is 0 Å². The van der Waals surface area contributed by atoms with Crippen LogP contribution in [0.1, 0.15) is 45.2 Å². The zero-order valence-corrected chi connectivity index (χ0v) is 13.6. The van der Waals surface area contributed by atoms with E-state index in [4.69, 9.17) is 4.74 Å². The predicted octanol–water partition coefficient (Wildman–Crippen LogP) is 2.54. The highest BCUT2D eigenvalue weighted by atomic mass is 16.5. The topological polar surface area (TPSA) is 39.1 Å². The van der Waals surface area contributed by atoms with Crippen LogP contribution in [0.4, 0.5) is 0 Å². The van der Waals surface area contributed by atoms with E-state index in [9.17, 15) is 0 Å². The number of ether oxygens (including phenoxy) is 1. The molecule has 1 saturated carbocycles. The molecule has 0 spiro atoms. The highest BCUT2D eigenvalue weighted by Gasteiger charge is 2.50. The van der Waals surface area contributed by atoms with E-state index >= 15 is 0 Å². The van der Waals surface area contributed by atoms with Gasteiger partial charge in [-0.1, -0.05) is 13.8 Å². The van der Waals surface area contributed by atoms with Crippen molar-refractivity contribution in [2.45, 2.75) is 58.1 Å². The van der Waals surface area contributed by atoms with Gasteiger partial charge in [0, 0.05) is 43.5 Å². The lowest BCUT2D eigenvalue weighted by Crippen LogP contribution is -2.44. The van der Waals surface area contributed by atoms with Crippen LogP contribution in [0.5, 0.6) is 0 Å². The van der Waals surface area contributed by atoms with Crippen molar-refractivity contribution in [1.82, 2.24) is 15.1 Å². The molecular formula is C17H29N3O. The van der Waals surface area contributed by atoms with Gasteiger partial charge in [-0.25, -0.2) is 0 Å². The Morgan fingerprint density at radius 2 is 2.29 bits per heavy atom. The van der Waals surface area contributed by atoms with E-state index in [0.717, 1.165) is 25.5 Å². The Morgan fingerprint density at radius 1 is 1.48 bits per heavy atom. The van der Waals surface area contributed by atoms with E-state index in [1.165, 1.54) is 31.4 Å². The van der Waals surface area contributed by atoms with Gasteiger partial charge in [0.2, 0.25) is 0 Å². The molecular weight excluding hydrogens is 262 g/mol. The van der Waals surface area contributed by atoms with Gasteiger partial charge < -0.3 is 10.1 Å². The molecule has 2 atom stereocenters. The summed E-state index contributed by atoms with van der Waals surface area (Å²) < 4.78 is 8.17. The molecule has 1 saturated heterocycles. The van der Waals surface area contributed by atoms with Gasteiger partial charge in [-0.05, 0) is 44.1 Å². The maximum Gasteiger partial charge on any atom is 0.0672 e. The fourth-order valence-corrected chi connectivity index (χ4v) is 3.72. The molecule has 2 aliphatic rings. The number of aryl methyl sites for hydroxylation is 2. The van der Waals surface area contributed by atoms with Crippen LogP contribution in [0.3, 0.4) is 0 Å². The Hall–Kier alpha value is -0.870. The van der Waals surface area contributed by atoms with Gasteiger partial charge in [-0.3, -0.25) is 4.68 Å². The molecule has 4 heteroatoms. The Bertz CT molecular complexity index is 466. The Morgan fingerprint density at radius 3 is 2.90 bits per heavy atom. The maximum atomic E-state index is 6.16. The van der Waals surface area contributed by atoms with Crippen molar-refractivity contribution in [3.63, 3.8) is 0 Å². The van der Waals surface area contributed by atoms with E-state index in [-0.39, 0.29) is 0 Å². The van der Waals surface area contributed by atoms with Crippen LogP contribution in [0.15, 0.2) is 12.3 Å². The van der Waals surface area contributed by atoms with Crippen molar-refractivity contribution in [3.05, 3.63) is 18.0 Å². The van der Waals surface area contributed by atoms with Gasteiger partial charge in [0.25, 0.3) is 0 Å². The van der Waals surface area contributed by atoms with Gasteiger partial charge >= 0.3 is 0 Å². The van der Waals surface area contributed by atoms with E-state index in [0.29, 0.717) is 17.6 Å². The molecule has 0 bridgehead atoms. The summed E-state index contributed by atoms with van der Waals surface area (Å²) in [7, 11) is 2.04. The summed E-state index contributed by atoms with van der Waals surface area (Å²) in [5.74, 6) is 0.813. The average molecular weight is 291 g/mol. The largest absolute Gasteiger partial charge is 0.377 e. The van der Waals surface area contributed by atoms with Crippen molar-refractivity contribution < 1.29 is 4.74 Å². The van der Waals surface area contributed by atoms with Crippen molar-refractivity contribution in [1.29, 1.82) is 0 Å². The van der Waals surface area contributed by atoms with Crippen molar-refractivity contribution >= 4 is 0 Å². The van der Waals surface area contributed by atoms with Gasteiger partial charge in [-0.2, -0.15) is 5.10 Å². The fourth-order valence-electron chi connectivity index (χ4n) is 3.72. The lowest BCUT2D eigenvalue weighted by molar-refractivity contribution is 0.0256. The van der Waals surface area contributed by atoms with Gasteiger partial charge in [0.15, 0.2) is 0 Å². The van der Waals surface area contributed by atoms with Crippen LogP contribution in [0.2, 0.25) is 0 Å². The van der Waals surface area contributed by atoms with Gasteiger partial charge in [-0.15, -0.1) is 0 Å². The molecule has 2 unspecified atom stereocenters. The highest BCUT2D eigenvalue weighted by molar-refractivity contribution is 5.05. The van der Waals surface area contributed by atoms with Crippen LogP contribution in [-0.4, -0.2) is 35.1 Å². The first-order valence-electron chi connectivity index (χ1n) is 8.43. The quantitative estimate of drug-likeness (QED) is 0.839. The molecule has 0 radical (unpaired) electrons. The summed E-state index contributed by atoms with van der Waals surface area (Å²) in [6.07, 6.45) is 8.59. The van der Waals surface area contributed by atoms with Crippen molar-refractivity contribution in [3.8, 4) is 0 Å². The number of nitrogens with zero attached hydrogens (tertiary/aromatic N) is 2. The van der Waals surface area contributed by atoms with Gasteiger partial charge in [0.05, 0.1) is 6.10 Å². The molecule has 0 amide bonds. The zero-order chi connectivity index (χ0) is 14.9. The van der Waals surface area contributed by atoms with Gasteiger partial charge in [0.1, 0.15) is 0 Å². The standard InChI is InChI=1S/C17H29N3O/c1-13(2)18-12-17(8-6-15-7-10-19-20(15)3)9-11-21-16(17)14-4-5-14/h7,10,13-14,16,18H,4-6,8-9,11-12H2,1-3H3. The summed E-state index contributed by atoms with van der Waals surface area (Å²) in [6.45, 7) is 6.49. The SMILES string of the molecule is CC(C)NCC1(CCc2ccnn2C)CCOC1C1CC1. The summed E-state index contributed by atoms with van der Waals surface area (Å²) >= 11 is 0.